The number of carbonyl (C=O) groups excluding carboxylic acids is 2. The highest BCUT2D eigenvalue weighted by atomic mass is 16.5. The Morgan fingerprint density at radius 3 is 0.959 bits per heavy atom. The summed E-state index contributed by atoms with van der Waals surface area (Å²) in [4.78, 5) is 24.5. The van der Waals surface area contributed by atoms with E-state index in [4.69, 9.17) is 4.74 Å². The van der Waals surface area contributed by atoms with Gasteiger partial charge in [-0.2, -0.15) is 0 Å². The van der Waals surface area contributed by atoms with E-state index in [-0.39, 0.29) is 18.5 Å². The summed E-state index contributed by atoms with van der Waals surface area (Å²) in [6, 6.07) is -0.537. The second-order valence-electron chi connectivity index (χ2n) is 23.5. The molecule has 440 valence electrons. The van der Waals surface area contributed by atoms with Crippen molar-refractivity contribution in [2.75, 3.05) is 13.2 Å². The van der Waals surface area contributed by atoms with Crippen molar-refractivity contribution in [1.82, 2.24) is 5.32 Å². The van der Waals surface area contributed by atoms with Crippen LogP contribution in [0.4, 0.5) is 0 Å². The minimum Gasteiger partial charge on any atom is -0.466 e. The van der Waals surface area contributed by atoms with Gasteiger partial charge in [-0.25, -0.2) is 0 Å². The zero-order chi connectivity index (χ0) is 53.6. The molecule has 6 nitrogen and oxygen atoms in total. The van der Waals surface area contributed by atoms with Crippen LogP contribution in [0.5, 0.6) is 0 Å². The van der Waals surface area contributed by atoms with Crippen LogP contribution in [-0.4, -0.2) is 47.4 Å². The Hall–Kier alpha value is -1.40. The van der Waals surface area contributed by atoms with E-state index in [1.807, 2.05) is 0 Å². The molecule has 0 aromatic carbocycles. The van der Waals surface area contributed by atoms with Gasteiger partial charge in [-0.3, -0.25) is 9.59 Å². The van der Waals surface area contributed by atoms with Crippen LogP contribution in [0.15, 0.2) is 12.2 Å². The first-order chi connectivity index (χ1) is 36.5. The predicted octanol–water partition coefficient (Wildman–Crippen LogP) is 21.6. The summed E-state index contributed by atoms with van der Waals surface area (Å²) >= 11 is 0. The zero-order valence-corrected chi connectivity index (χ0v) is 50.4. The molecule has 0 saturated carbocycles. The monoisotopic (exact) mass is 1040 g/mol. The van der Waals surface area contributed by atoms with Crippen molar-refractivity contribution < 1.29 is 24.5 Å². The zero-order valence-electron chi connectivity index (χ0n) is 50.4. The SMILES string of the molecule is CCCCCCCCCCCCCCCCCCC(=O)OCCCCCCCCCCCCCC/C=C\CCCCCCCCCCCCCCCCCC(=O)NC(CO)C(O)CCCCCCCCCCCC. The number of esters is 1. The van der Waals surface area contributed by atoms with Crippen molar-refractivity contribution in [2.24, 2.45) is 0 Å². The molecule has 74 heavy (non-hydrogen) atoms. The number of aliphatic hydroxyl groups excluding tert-OH is 2. The Morgan fingerprint density at radius 1 is 0.365 bits per heavy atom. The number of nitrogens with one attached hydrogen (secondary N) is 1. The van der Waals surface area contributed by atoms with Gasteiger partial charge in [0.2, 0.25) is 5.91 Å². The summed E-state index contributed by atoms with van der Waals surface area (Å²) in [7, 11) is 0. The molecule has 2 atom stereocenters. The molecule has 0 saturated heterocycles. The Labute approximate surface area is 463 Å². The summed E-state index contributed by atoms with van der Waals surface area (Å²) in [6.45, 7) is 4.97. The first-order valence-electron chi connectivity index (χ1n) is 33.9. The number of aliphatic hydroxyl groups is 2. The Balaban J connectivity index is 3.31. The van der Waals surface area contributed by atoms with Gasteiger partial charge < -0.3 is 20.3 Å². The molecule has 0 aliphatic rings. The molecular formula is C68H133NO5. The Kier molecular flexibility index (Phi) is 62.9. The third-order valence-electron chi connectivity index (χ3n) is 16.1. The standard InChI is InChI=1S/C68H133NO5/c1-3-5-7-9-11-13-15-16-17-36-39-42-46-50-54-58-62-68(73)74-63-59-55-51-47-43-40-37-34-32-30-28-26-24-22-20-18-19-21-23-25-27-29-31-33-35-38-41-45-49-53-57-61-67(72)69-65(64-70)66(71)60-56-52-48-44-14-12-10-8-6-4-2/h20,22,65-66,70-71H,3-19,21,23-64H2,1-2H3,(H,69,72)/b22-20-. The molecule has 0 heterocycles. The first-order valence-corrected chi connectivity index (χ1v) is 33.9. The first kappa shape index (κ1) is 72.6. The number of ether oxygens (including phenoxy) is 1. The minimum atomic E-state index is -0.660. The normalized spacial score (nSPS) is 12.5. The lowest BCUT2D eigenvalue weighted by Gasteiger charge is -2.22. The van der Waals surface area contributed by atoms with Gasteiger partial charge in [0, 0.05) is 12.8 Å². The van der Waals surface area contributed by atoms with Crippen molar-refractivity contribution in [1.29, 1.82) is 0 Å². The van der Waals surface area contributed by atoms with E-state index >= 15 is 0 Å². The van der Waals surface area contributed by atoms with Crippen LogP contribution in [0.2, 0.25) is 0 Å². The second-order valence-corrected chi connectivity index (χ2v) is 23.5. The smallest absolute Gasteiger partial charge is 0.305 e. The number of rotatable bonds is 64. The van der Waals surface area contributed by atoms with Crippen molar-refractivity contribution in [2.45, 2.75) is 398 Å². The van der Waals surface area contributed by atoms with Crippen LogP contribution >= 0.6 is 0 Å². The fourth-order valence-corrected chi connectivity index (χ4v) is 10.9. The fraction of sp³-hybridized carbons (Fsp3) is 0.941. The van der Waals surface area contributed by atoms with Crippen molar-refractivity contribution in [3.63, 3.8) is 0 Å². The van der Waals surface area contributed by atoms with Crippen LogP contribution < -0.4 is 5.32 Å². The van der Waals surface area contributed by atoms with E-state index in [2.05, 4.69) is 31.3 Å². The molecule has 0 aromatic rings. The van der Waals surface area contributed by atoms with Crippen LogP contribution in [0.3, 0.4) is 0 Å². The van der Waals surface area contributed by atoms with E-state index in [1.165, 1.54) is 315 Å². The van der Waals surface area contributed by atoms with Gasteiger partial charge in [0.1, 0.15) is 0 Å². The lowest BCUT2D eigenvalue weighted by molar-refractivity contribution is -0.143. The van der Waals surface area contributed by atoms with Crippen molar-refractivity contribution in [3.05, 3.63) is 12.2 Å². The lowest BCUT2D eigenvalue weighted by atomic mass is 10.0. The molecule has 0 aliphatic heterocycles. The van der Waals surface area contributed by atoms with Gasteiger partial charge in [0.15, 0.2) is 0 Å². The number of hydrogen-bond acceptors (Lipinski definition) is 5. The Morgan fingerprint density at radius 2 is 0.635 bits per heavy atom. The van der Waals surface area contributed by atoms with Gasteiger partial charge in [-0.15, -0.1) is 0 Å². The molecule has 6 heteroatoms. The maximum Gasteiger partial charge on any atom is 0.305 e. The third kappa shape index (κ3) is 59.8. The maximum atomic E-state index is 12.4. The quantitative estimate of drug-likeness (QED) is 0.0320. The van der Waals surface area contributed by atoms with E-state index in [0.717, 1.165) is 38.5 Å². The fourth-order valence-electron chi connectivity index (χ4n) is 10.9. The molecule has 0 aliphatic carbocycles. The highest BCUT2D eigenvalue weighted by molar-refractivity contribution is 5.76. The molecule has 3 N–H and O–H groups in total. The van der Waals surface area contributed by atoms with Crippen molar-refractivity contribution in [3.8, 4) is 0 Å². The third-order valence-corrected chi connectivity index (χ3v) is 16.1. The van der Waals surface area contributed by atoms with Crippen LogP contribution in [-0.2, 0) is 14.3 Å². The minimum absolute atomic E-state index is 0.0218. The van der Waals surface area contributed by atoms with Crippen LogP contribution in [0.25, 0.3) is 0 Å². The molecule has 0 radical (unpaired) electrons. The molecular weight excluding hydrogens is 911 g/mol. The molecule has 1 amide bonds. The maximum absolute atomic E-state index is 12.4. The second kappa shape index (κ2) is 64.1. The summed E-state index contributed by atoms with van der Waals surface area (Å²) in [5, 5.41) is 23.2. The molecule has 0 rings (SSSR count). The van der Waals surface area contributed by atoms with E-state index in [0.29, 0.717) is 25.9 Å². The number of unbranched alkanes of at least 4 members (excludes halogenated alkanes) is 51. The summed E-state index contributed by atoms with van der Waals surface area (Å²) in [5.74, 6) is -0.0107. The van der Waals surface area contributed by atoms with E-state index < -0.39 is 12.1 Å². The number of allylic oxidation sites excluding steroid dienone is 2. The van der Waals surface area contributed by atoms with Gasteiger partial charge in [-0.05, 0) is 51.4 Å². The number of amides is 1. The molecule has 0 bridgehead atoms. The van der Waals surface area contributed by atoms with Gasteiger partial charge in [0.25, 0.3) is 0 Å². The molecule has 0 fully saturated rings. The predicted molar refractivity (Wildman–Crippen MR) is 324 cm³/mol. The average Bonchev–Trinajstić information content (AvgIpc) is 3.40. The molecule has 0 aromatic heterocycles. The molecule has 2 unspecified atom stereocenters. The largest absolute Gasteiger partial charge is 0.466 e. The topological polar surface area (TPSA) is 95.9 Å². The van der Waals surface area contributed by atoms with Crippen molar-refractivity contribution >= 4 is 11.9 Å². The van der Waals surface area contributed by atoms with Gasteiger partial charge in [-0.1, -0.05) is 334 Å². The van der Waals surface area contributed by atoms with E-state index in [9.17, 15) is 19.8 Å². The molecule has 0 spiro atoms. The van der Waals surface area contributed by atoms with Gasteiger partial charge >= 0.3 is 5.97 Å². The average molecular weight is 1040 g/mol. The summed E-state index contributed by atoms with van der Waals surface area (Å²) in [6.07, 6.45) is 78.4. The summed E-state index contributed by atoms with van der Waals surface area (Å²) in [5.41, 5.74) is 0. The highest BCUT2D eigenvalue weighted by Crippen LogP contribution is 2.19. The number of hydrogen-bond donors (Lipinski definition) is 3. The Bertz CT molecular complexity index is 1110. The van der Waals surface area contributed by atoms with Crippen LogP contribution in [0, 0.1) is 0 Å². The number of carbonyl (C=O) groups is 2. The van der Waals surface area contributed by atoms with Gasteiger partial charge in [0.05, 0.1) is 25.4 Å². The lowest BCUT2D eigenvalue weighted by Crippen LogP contribution is -2.45. The van der Waals surface area contributed by atoms with Crippen LogP contribution in [0.1, 0.15) is 386 Å². The highest BCUT2D eigenvalue weighted by Gasteiger charge is 2.20. The van der Waals surface area contributed by atoms with E-state index in [1.54, 1.807) is 0 Å². The summed E-state index contributed by atoms with van der Waals surface area (Å²) < 4.78 is 5.50.